The quantitative estimate of drug-likeness (QED) is 0.353. The maximum atomic E-state index is 14.8. The Morgan fingerprint density at radius 1 is 0.857 bits per heavy atom. The molecule has 1 aliphatic rings. The van der Waals surface area contributed by atoms with Crippen LogP contribution in [0, 0.1) is 23.0 Å². The lowest BCUT2D eigenvalue weighted by Crippen LogP contribution is -1.91. The lowest BCUT2D eigenvalue weighted by molar-refractivity contribution is 0.622. The molecule has 0 fully saturated rings. The lowest BCUT2D eigenvalue weighted by Gasteiger charge is -2.09. The van der Waals surface area contributed by atoms with Crippen molar-refractivity contribution in [2.75, 3.05) is 0 Å². The smallest absolute Gasteiger partial charge is 0.141 e. The molecule has 3 heteroatoms. The van der Waals surface area contributed by atoms with Gasteiger partial charge in [0, 0.05) is 5.56 Å². The second-order valence-corrected chi connectivity index (χ2v) is 7.42. The van der Waals surface area contributed by atoms with Crippen molar-refractivity contribution in [3.05, 3.63) is 82.4 Å². The highest BCUT2D eigenvalue weighted by atomic mass is 19.1. The van der Waals surface area contributed by atoms with Gasteiger partial charge in [0.2, 0.25) is 0 Å². The van der Waals surface area contributed by atoms with Crippen LogP contribution in [-0.4, -0.2) is 0 Å². The van der Waals surface area contributed by atoms with E-state index in [1.54, 1.807) is 18.2 Å². The molecule has 0 heterocycles. The van der Waals surface area contributed by atoms with Gasteiger partial charge in [0.1, 0.15) is 17.7 Å². The minimum absolute atomic E-state index is 0.0340. The summed E-state index contributed by atoms with van der Waals surface area (Å²) in [4.78, 5) is 0. The summed E-state index contributed by atoms with van der Waals surface area (Å²) in [5.74, 6) is -0.998. The first-order valence-corrected chi connectivity index (χ1v) is 9.75. The van der Waals surface area contributed by atoms with Gasteiger partial charge in [-0.05, 0) is 76.9 Å². The molecule has 3 aromatic rings. The molecule has 1 nitrogen and oxygen atoms in total. The highest BCUT2D eigenvalue weighted by Crippen LogP contribution is 2.40. The summed E-state index contributed by atoms with van der Waals surface area (Å²) in [6, 6.07) is 15.9. The molecule has 0 atom stereocenters. The number of nitrogens with zero attached hydrogens (tertiary/aromatic N) is 1. The third-order valence-electron chi connectivity index (χ3n) is 5.50. The molecular formula is C25H21F2N. The van der Waals surface area contributed by atoms with E-state index in [0.29, 0.717) is 11.1 Å². The molecule has 0 aliphatic heterocycles. The van der Waals surface area contributed by atoms with E-state index >= 15 is 0 Å². The average molecular weight is 373 g/mol. The van der Waals surface area contributed by atoms with Crippen molar-refractivity contribution in [3.63, 3.8) is 0 Å². The first kappa shape index (κ1) is 18.4. The summed E-state index contributed by atoms with van der Waals surface area (Å²) in [5.41, 5.74) is 6.42. The molecule has 0 saturated heterocycles. The monoisotopic (exact) mass is 373 g/mol. The van der Waals surface area contributed by atoms with Gasteiger partial charge in [0.05, 0.1) is 5.56 Å². The Labute approximate surface area is 164 Å². The molecule has 28 heavy (non-hydrogen) atoms. The van der Waals surface area contributed by atoms with Gasteiger partial charge in [-0.3, -0.25) is 0 Å². The second-order valence-electron chi connectivity index (χ2n) is 7.42. The van der Waals surface area contributed by atoms with Crippen molar-refractivity contribution in [3.8, 4) is 28.3 Å². The Kier molecular flexibility index (Phi) is 4.96. The van der Waals surface area contributed by atoms with E-state index in [9.17, 15) is 8.78 Å². The Morgan fingerprint density at radius 3 is 2.43 bits per heavy atom. The fourth-order valence-electron chi connectivity index (χ4n) is 4.01. The standard InChI is InChI=1S/C25H21F2N/c1-2-3-4-5-16-6-9-21-19(10-16)11-20-12-23(25(27)14-22(20)21)17-7-8-18(15-28)24(26)13-17/h6-10,12-14H,2-5,11H2,1H3. The van der Waals surface area contributed by atoms with E-state index in [1.165, 1.54) is 42.5 Å². The topological polar surface area (TPSA) is 23.8 Å². The summed E-state index contributed by atoms with van der Waals surface area (Å²) < 4.78 is 28.8. The zero-order chi connectivity index (χ0) is 19.7. The van der Waals surface area contributed by atoms with Crippen molar-refractivity contribution in [2.45, 2.75) is 39.0 Å². The largest absolute Gasteiger partial charge is 0.206 e. The summed E-state index contributed by atoms with van der Waals surface area (Å²) in [5, 5.41) is 8.89. The Bertz CT molecular complexity index is 1090. The SMILES string of the molecule is CCCCCc1ccc2c(c1)Cc1cc(-c3ccc(C#N)c(F)c3)c(F)cc1-2. The van der Waals surface area contributed by atoms with E-state index in [0.717, 1.165) is 29.5 Å². The number of hydrogen-bond donors (Lipinski definition) is 0. The maximum absolute atomic E-state index is 14.8. The number of rotatable bonds is 5. The fourth-order valence-corrected chi connectivity index (χ4v) is 4.01. The van der Waals surface area contributed by atoms with Crippen LogP contribution in [0.25, 0.3) is 22.3 Å². The second kappa shape index (κ2) is 7.56. The normalized spacial score (nSPS) is 11.8. The lowest BCUT2D eigenvalue weighted by atomic mass is 9.97. The van der Waals surface area contributed by atoms with Crippen LogP contribution in [0.1, 0.15) is 48.4 Å². The summed E-state index contributed by atoms with van der Waals surface area (Å²) in [7, 11) is 0. The van der Waals surface area contributed by atoms with Gasteiger partial charge in [-0.25, -0.2) is 8.78 Å². The average Bonchev–Trinajstić information content (AvgIpc) is 3.04. The van der Waals surface area contributed by atoms with Gasteiger partial charge < -0.3 is 0 Å². The first-order valence-electron chi connectivity index (χ1n) is 9.75. The van der Waals surface area contributed by atoms with Crippen LogP contribution in [0.3, 0.4) is 0 Å². The third-order valence-corrected chi connectivity index (χ3v) is 5.50. The number of benzene rings is 3. The van der Waals surface area contributed by atoms with E-state index < -0.39 is 5.82 Å². The van der Waals surface area contributed by atoms with Gasteiger partial charge in [0.25, 0.3) is 0 Å². The Balaban J connectivity index is 1.67. The van der Waals surface area contributed by atoms with Crippen LogP contribution >= 0.6 is 0 Å². The predicted octanol–water partition coefficient (Wildman–Crippen LogP) is 6.81. The molecular weight excluding hydrogens is 352 g/mol. The maximum Gasteiger partial charge on any atom is 0.141 e. The van der Waals surface area contributed by atoms with Crippen molar-refractivity contribution in [1.82, 2.24) is 0 Å². The summed E-state index contributed by atoms with van der Waals surface area (Å²) >= 11 is 0. The molecule has 0 aromatic heterocycles. The molecule has 0 spiro atoms. The molecule has 0 amide bonds. The third kappa shape index (κ3) is 3.31. The van der Waals surface area contributed by atoms with E-state index in [2.05, 4.69) is 25.1 Å². The van der Waals surface area contributed by atoms with Crippen LogP contribution in [-0.2, 0) is 12.8 Å². The van der Waals surface area contributed by atoms with Crippen LogP contribution < -0.4 is 0 Å². The van der Waals surface area contributed by atoms with Crippen molar-refractivity contribution in [1.29, 1.82) is 5.26 Å². The van der Waals surface area contributed by atoms with Crippen LogP contribution in [0.4, 0.5) is 8.78 Å². The van der Waals surface area contributed by atoms with Crippen LogP contribution in [0.2, 0.25) is 0 Å². The Hall–Kier alpha value is -2.99. The molecule has 3 aromatic carbocycles. The minimum Gasteiger partial charge on any atom is -0.206 e. The van der Waals surface area contributed by atoms with Crippen molar-refractivity contribution in [2.24, 2.45) is 0 Å². The summed E-state index contributed by atoms with van der Waals surface area (Å²) in [6.45, 7) is 2.20. The molecule has 0 N–H and O–H groups in total. The van der Waals surface area contributed by atoms with Crippen molar-refractivity contribution < 1.29 is 8.78 Å². The zero-order valence-electron chi connectivity index (χ0n) is 15.9. The fraction of sp³-hybridized carbons (Fsp3) is 0.240. The molecule has 4 rings (SSSR count). The molecule has 1 aliphatic carbocycles. The van der Waals surface area contributed by atoms with E-state index in [4.69, 9.17) is 5.26 Å². The molecule has 0 unspecified atom stereocenters. The zero-order valence-corrected chi connectivity index (χ0v) is 15.9. The van der Waals surface area contributed by atoms with E-state index in [1.807, 2.05) is 6.07 Å². The van der Waals surface area contributed by atoms with Gasteiger partial charge >= 0.3 is 0 Å². The number of fused-ring (bicyclic) bond motifs is 3. The molecule has 0 radical (unpaired) electrons. The van der Waals surface area contributed by atoms with Gasteiger partial charge in [-0.1, -0.05) is 44.0 Å². The number of aryl methyl sites for hydroxylation is 1. The number of nitriles is 1. The highest BCUT2D eigenvalue weighted by molar-refractivity contribution is 5.81. The Morgan fingerprint density at radius 2 is 1.68 bits per heavy atom. The van der Waals surface area contributed by atoms with Crippen molar-refractivity contribution >= 4 is 0 Å². The highest BCUT2D eigenvalue weighted by Gasteiger charge is 2.22. The number of halogens is 2. The summed E-state index contributed by atoms with van der Waals surface area (Å²) in [6.07, 6.45) is 5.45. The molecule has 0 saturated carbocycles. The number of unbranched alkanes of at least 4 members (excludes halogenated alkanes) is 2. The van der Waals surface area contributed by atoms with Gasteiger partial charge in [-0.2, -0.15) is 5.26 Å². The van der Waals surface area contributed by atoms with Gasteiger partial charge in [0.15, 0.2) is 0 Å². The predicted molar refractivity (Wildman–Crippen MR) is 108 cm³/mol. The van der Waals surface area contributed by atoms with Gasteiger partial charge in [-0.15, -0.1) is 0 Å². The van der Waals surface area contributed by atoms with Crippen LogP contribution in [0.15, 0.2) is 48.5 Å². The molecule has 140 valence electrons. The molecule has 0 bridgehead atoms. The van der Waals surface area contributed by atoms with Crippen LogP contribution in [0.5, 0.6) is 0 Å². The van der Waals surface area contributed by atoms with E-state index in [-0.39, 0.29) is 11.4 Å². The number of hydrogen-bond acceptors (Lipinski definition) is 1. The first-order chi connectivity index (χ1) is 13.6. The minimum atomic E-state index is -0.625.